The largest absolute Gasteiger partial charge is 0.494 e. The number of ether oxygens (including phenoxy) is 1. The lowest BCUT2D eigenvalue weighted by Crippen LogP contribution is -2.39. The van der Waals surface area contributed by atoms with Crippen LogP contribution in [0.5, 0.6) is 5.75 Å². The van der Waals surface area contributed by atoms with E-state index in [9.17, 15) is 4.79 Å². The molecule has 3 aromatic rings. The standard InChI is InChI=1S/C22H26N4O2S/c1-2-28-18-9-7-17(8-10-18)24-21(27)23-15-16-11-13-26(14-12-16)22-25-19-5-3-4-6-20(19)29-22/h3-10,16H,2,11-15H2,1H3,(H2,23,24,27). The Morgan fingerprint density at radius 1 is 1.17 bits per heavy atom. The Labute approximate surface area is 174 Å². The first-order valence-corrected chi connectivity index (χ1v) is 10.9. The number of thiazole rings is 1. The van der Waals surface area contributed by atoms with Gasteiger partial charge in [-0.2, -0.15) is 0 Å². The van der Waals surface area contributed by atoms with E-state index in [-0.39, 0.29) is 6.03 Å². The van der Waals surface area contributed by atoms with Gasteiger partial charge in [-0.3, -0.25) is 0 Å². The molecule has 7 heteroatoms. The minimum Gasteiger partial charge on any atom is -0.494 e. The Bertz CT molecular complexity index is 916. The molecule has 0 saturated carbocycles. The summed E-state index contributed by atoms with van der Waals surface area (Å²) < 4.78 is 6.65. The number of hydrogen-bond acceptors (Lipinski definition) is 5. The Hall–Kier alpha value is -2.80. The van der Waals surface area contributed by atoms with Crippen LogP contribution in [0.1, 0.15) is 19.8 Å². The minimum absolute atomic E-state index is 0.164. The second kappa shape index (κ2) is 9.13. The molecule has 2 N–H and O–H groups in total. The molecule has 2 heterocycles. The van der Waals surface area contributed by atoms with E-state index < -0.39 is 0 Å². The topological polar surface area (TPSA) is 66.5 Å². The van der Waals surface area contributed by atoms with Crippen LogP contribution >= 0.6 is 11.3 Å². The van der Waals surface area contributed by atoms with Crippen LogP contribution in [0, 0.1) is 5.92 Å². The molecule has 1 saturated heterocycles. The zero-order valence-electron chi connectivity index (χ0n) is 16.6. The van der Waals surface area contributed by atoms with E-state index in [1.807, 2.05) is 37.3 Å². The van der Waals surface area contributed by atoms with Crippen LogP contribution in [-0.4, -0.2) is 37.3 Å². The Morgan fingerprint density at radius 2 is 1.93 bits per heavy atom. The molecule has 0 unspecified atom stereocenters. The molecule has 0 bridgehead atoms. The van der Waals surface area contributed by atoms with Gasteiger partial charge in [0.2, 0.25) is 0 Å². The maximum Gasteiger partial charge on any atom is 0.319 e. The highest BCUT2D eigenvalue weighted by Gasteiger charge is 2.22. The number of rotatable bonds is 6. The predicted molar refractivity (Wildman–Crippen MR) is 119 cm³/mol. The van der Waals surface area contributed by atoms with Crippen molar-refractivity contribution in [2.24, 2.45) is 5.92 Å². The maximum atomic E-state index is 12.2. The van der Waals surface area contributed by atoms with Gasteiger partial charge in [-0.25, -0.2) is 9.78 Å². The molecule has 1 aromatic heterocycles. The number of carbonyl (C=O) groups is 1. The fourth-order valence-electron chi connectivity index (χ4n) is 3.54. The van der Waals surface area contributed by atoms with Gasteiger partial charge >= 0.3 is 6.03 Å². The van der Waals surface area contributed by atoms with Crippen molar-refractivity contribution in [3.63, 3.8) is 0 Å². The van der Waals surface area contributed by atoms with Crippen LogP contribution in [0.15, 0.2) is 48.5 Å². The van der Waals surface area contributed by atoms with Gasteiger partial charge in [0.15, 0.2) is 5.13 Å². The molecule has 4 rings (SSSR count). The quantitative estimate of drug-likeness (QED) is 0.616. The van der Waals surface area contributed by atoms with Crippen molar-refractivity contribution in [3.05, 3.63) is 48.5 Å². The van der Waals surface area contributed by atoms with E-state index >= 15 is 0 Å². The fraction of sp³-hybridized carbons (Fsp3) is 0.364. The highest BCUT2D eigenvalue weighted by Crippen LogP contribution is 2.31. The van der Waals surface area contributed by atoms with Gasteiger partial charge in [-0.1, -0.05) is 23.5 Å². The zero-order chi connectivity index (χ0) is 20.1. The van der Waals surface area contributed by atoms with Crippen molar-refractivity contribution in [2.45, 2.75) is 19.8 Å². The number of piperidine rings is 1. The highest BCUT2D eigenvalue weighted by atomic mass is 32.1. The first-order valence-electron chi connectivity index (χ1n) is 10.1. The number of urea groups is 1. The van der Waals surface area contributed by atoms with E-state index in [0.717, 1.165) is 48.0 Å². The molecule has 29 heavy (non-hydrogen) atoms. The Morgan fingerprint density at radius 3 is 2.66 bits per heavy atom. The summed E-state index contributed by atoms with van der Waals surface area (Å²) in [7, 11) is 0. The number of fused-ring (bicyclic) bond motifs is 1. The average molecular weight is 411 g/mol. The van der Waals surface area contributed by atoms with Gasteiger partial charge in [-0.15, -0.1) is 0 Å². The van der Waals surface area contributed by atoms with Crippen LogP contribution in [0.2, 0.25) is 0 Å². The summed E-state index contributed by atoms with van der Waals surface area (Å²) in [6, 6.07) is 15.5. The molecular weight excluding hydrogens is 384 g/mol. The molecule has 6 nitrogen and oxygen atoms in total. The summed E-state index contributed by atoms with van der Waals surface area (Å²) in [4.78, 5) is 19.3. The van der Waals surface area contributed by atoms with E-state index in [1.54, 1.807) is 11.3 Å². The third kappa shape index (κ3) is 4.98. The summed E-state index contributed by atoms with van der Waals surface area (Å²) in [5, 5.41) is 6.98. The Kier molecular flexibility index (Phi) is 6.14. The number of benzene rings is 2. The number of para-hydroxylation sites is 1. The van der Waals surface area contributed by atoms with E-state index in [0.29, 0.717) is 19.1 Å². The monoisotopic (exact) mass is 410 g/mol. The number of hydrogen-bond donors (Lipinski definition) is 2. The number of anilines is 2. The normalized spacial score (nSPS) is 14.7. The number of nitrogens with one attached hydrogen (secondary N) is 2. The van der Waals surface area contributed by atoms with Crippen molar-refractivity contribution < 1.29 is 9.53 Å². The molecule has 1 fully saturated rings. The lowest BCUT2D eigenvalue weighted by molar-refractivity contribution is 0.248. The second-order valence-electron chi connectivity index (χ2n) is 7.19. The van der Waals surface area contributed by atoms with E-state index in [1.165, 1.54) is 4.70 Å². The first-order chi connectivity index (χ1) is 14.2. The van der Waals surface area contributed by atoms with Crippen molar-refractivity contribution in [2.75, 3.05) is 36.5 Å². The summed E-state index contributed by atoms with van der Waals surface area (Å²) in [5.41, 5.74) is 1.83. The van der Waals surface area contributed by atoms with Gasteiger partial charge in [0.05, 0.1) is 16.8 Å². The van der Waals surface area contributed by atoms with Crippen LogP contribution < -0.4 is 20.3 Å². The SMILES string of the molecule is CCOc1ccc(NC(=O)NCC2CCN(c3nc4ccccc4s3)CC2)cc1. The van der Waals surface area contributed by atoms with Crippen LogP contribution in [0.25, 0.3) is 10.2 Å². The molecule has 0 atom stereocenters. The molecule has 2 amide bonds. The molecule has 1 aliphatic rings. The van der Waals surface area contributed by atoms with Gasteiger partial charge < -0.3 is 20.3 Å². The van der Waals surface area contributed by atoms with Crippen LogP contribution in [0.4, 0.5) is 15.6 Å². The van der Waals surface area contributed by atoms with Gasteiger partial charge in [0.25, 0.3) is 0 Å². The first kappa shape index (κ1) is 19.5. The maximum absolute atomic E-state index is 12.2. The van der Waals surface area contributed by atoms with Crippen LogP contribution in [-0.2, 0) is 0 Å². The molecule has 0 aliphatic carbocycles. The number of aromatic nitrogens is 1. The fourth-order valence-corrected chi connectivity index (χ4v) is 4.55. The minimum atomic E-state index is -0.164. The summed E-state index contributed by atoms with van der Waals surface area (Å²) in [6.45, 7) is 5.23. The Balaban J connectivity index is 1.21. The van der Waals surface area contributed by atoms with Crippen molar-refractivity contribution in [3.8, 4) is 5.75 Å². The molecular formula is C22H26N4O2S. The summed E-state index contributed by atoms with van der Waals surface area (Å²) in [6.07, 6.45) is 2.11. The lowest BCUT2D eigenvalue weighted by Gasteiger charge is -2.31. The average Bonchev–Trinajstić information content (AvgIpc) is 3.19. The number of nitrogens with zero attached hydrogens (tertiary/aromatic N) is 2. The smallest absolute Gasteiger partial charge is 0.319 e. The predicted octanol–water partition coefficient (Wildman–Crippen LogP) is 4.73. The molecule has 0 spiro atoms. The summed E-state index contributed by atoms with van der Waals surface area (Å²) >= 11 is 1.75. The second-order valence-corrected chi connectivity index (χ2v) is 8.20. The number of carbonyl (C=O) groups excluding carboxylic acids is 1. The van der Waals surface area contributed by atoms with Gasteiger partial charge in [-0.05, 0) is 62.1 Å². The van der Waals surface area contributed by atoms with Gasteiger partial charge in [0, 0.05) is 25.3 Å². The van der Waals surface area contributed by atoms with Crippen LogP contribution in [0.3, 0.4) is 0 Å². The summed E-state index contributed by atoms with van der Waals surface area (Å²) in [5.74, 6) is 1.30. The van der Waals surface area contributed by atoms with Crippen molar-refractivity contribution in [1.82, 2.24) is 10.3 Å². The lowest BCUT2D eigenvalue weighted by atomic mass is 9.97. The zero-order valence-corrected chi connectivity index (χ0v) is 17.4. The van der Waals surface area contributed by atoms with Crippen molar-refractivity contribution >= 4 is 38.4 Å². The third-order valence-corrected chi connectivity index (χ3v) is 6.24. The highest BCUT2D eigenvalue weighted by molar-refractivity contribution is 7.22. The number of amides is 2. The van der Waals surface area contributed by atoms with E-state index in [2.05, 4.69) is 33.7 Å². The molecule has 2 aromatic carbocycles. The van der Waals surface area contributed by atoms with Crippen molar-refractivity contribution in [1.29, 1.82) is 0 Å². The molecule has 1 aliphatic heterocycles. The van der Waals surface area contributed by atoms with E-state index in [4.69, 9.17) is 9.72 Å². The molecule has 0 radical (unpaired) electrons. The van der Waals surface area contributed by atoms with Gasteiger partial charge in [0.1, 0.15) is 5.75 Å². The third-order valence-electron chi connectivity index (χ3n) is 5.14. The molecule has 152 valence electrons.